The third-order valence-corrected chi connectivity index (χ3v) is 12.3. The number of amides is 3. The van der Waals surface area contributed by atoms with Crippen molar-refractivity contribution in [2.45, 2.75) is 45.2 Å². The molecule has 0 saturated carbocycles. The quantitative estimate of drug-likeness (QED) is 0.129. The Morgan fingerprint density at radius 1 is 1.04 bits per heavy atom. The maximum absolute atomic E-state index is 16.0. The fraction of sp³-hybridized carbons (Fsp3) is 0.222. The van der Waals surface area contributed by atoms with E-state index in [0.29, 0.717) is 51.1 Å². The summed E-state index contributed by atoms with van der Waals surface area (Å²) in [7, 11) is -2.02. The number of hydrogen-bond acceptors (Lipinski definition) is 7. The average Bonchev–Trinajstić information content (AvgIpc) is 3.75. The van der Waals surface area contributed by atoms with Gasteiger partial charge in [0, 0.05) is 63.3 Å². The molecule has 1 atom stereocenters. The van der Waals surface area contributed by atoms with Crippen LogP contribution in [0.1, 0.15) is 33.2 Å². The van der Waals surface area contributed by atoms with E-state index in [1.807, 2.05) is 18.2 Å². The molecule has 2 aromatic heterocycles. The lowest BCUT2D eigenvalue weighted by atomic mass is 9.99. The second kappa shape index (κ2) is 12.8. The number of aromatic nitrogens is 3. The molecule has 2 aliphatic heterocycles. The van der Waals surface area contributed by atoms with Gasteiger partial charge in [-0.3, -0.25) is 19.2 Å². The summed E-state index contributed by atoms with van der Waals surface area (Å²) in [5, 5.41) is 9.64. The fourth-order valence-electron chi connectivity index (χ4n) is 6.85. The summed E-state index contributed by atoms with van der Waals surface area (Å²) in [5.41, 5.74) is 4.17. The van der Waals surface area contributed by atoms with Crippen molar-refractivity contribution in [3.8, 4) is 11.1 Å². The van der Waals surface area contributed by atoms with Crippen LogP contribution in [0.3, 0.4) is 0 Å². The molecule has 5 aromatic rings. The van der Waals surface area contributed by atoms with Crippen molar-refractivity contribution in [1.29, 1.82) is 0 Å². The van der Waals surface area contributed by atoms with E-state index in [0.717, 1.165) is 5.69 Å². The summed E-state index contributed by atoms with van der Waals surface area (Å²) in [6.45, 7) is 5.87. The SMILES string of the molecule is CC(=O)c1cn(CC(=O)N2C[Si](C)(C)C[C@H]2C(=O)Nc2cccc(-c3ccc4c(c3Cl)CNC4=O)c2F)c2ccc(Nc3cncnc3)cc12. The predicted molar refractivity (Wildman–Crippen MR) is 192 cm³/mol. The summed E-state index contributed by atoms with van der Waals surface area (Å²) in [4.78, 5) is 62.2. The first-order valence-electron chi connectivity index (χ1n) is 16.0. The number of halogens is 2. The van der Waals surface area contributed by atoms with Gasteiger partial charge in [-0.05, 0) is 43.3 Å². The zero-order valence-corrected chi connectivity index (χ0v) is 29.3. The van der Waals surface area contributed by atoms with Crippen LogP contribution in [0.5, 0.6) is 0 Å². The molecule has 0 aliphatic carbocycles. The monoisotopic (exact) mass is 709 g/mol. The van der Waals surface area contributed by atoms with Crippen LogP contribution in [-0.2, 0) is 22.7 Å². The predicted octanol–water partition coefficient (Wildman–Crippen LogP) is 6.18. The summed E-state index contributed by atoms with van der Waals surface area (Å²) in [6, 6.07) is 13.1. The number of rotatable bonds is 8. The van der Waals surface area contributed by atoms with Crippen molar-refractivity contribution in [3.05, 3.63) is 101 Å². The van der Waals surface area contributed by atoms with Gasteiger partial charge in [0.05, 0.1) is 36.9 Å². The highest BCUT2D eigenvalue weighted by molar-refractivity contribution is 6.79. The van der Waals surface area contributed by atoms with Crippen molar-refractivity contribution in [1.82, 2.24) is 24.8 Å². The second-order valence-electron chi connectivity index (χ2n) is 13.4. The number of nitrogens with zero attached hydrogens (tertiary/aromatic N) is 4. The molecular weight excluding hydrogens is 677 g/mol. The number of ketones is 1. The summed E-state index contributed by atoms with van der Waals surface area (Å²) >= 11 is 6.62. The van der Waals surface area contributed by atoms with Gasteiger partial charge in [-0.25, -0.2) is 14.4 Å². The number of benzene rings is 3. The van der Waals surface area contributed by atoms with E-state index in [4.69, 9.17) is 11.6 Å². The van der Waals surface area contributed by atoms with Crippen molar-refractivity contribution in [2.24, 2.45) is 0 Å². The Labute approximate surface area is 292 Å². The van der Waals surface area contributed by atoms with Crippen molar-refractivity contribution in [3.63, 3.8) is 0 Å². The second-order valence-corrected chi connectivity index (χ2v) is 18.8. The first kappa shape index (κ1) is 33.1. The van der Waals surface area contributed by atoms with Crippen molar-refractivity contribution >= 4 is 71.1 Å². The molecule has 3 N–H and O–H groups in total. The van der Waals surface area contributed by atoms with Crippen LogP contribution in [0.25, 0.3) is 22.0 Å². The number of nitrogens with one attached hydrogen (secondary N) is 3. The Morgan fingerprint density at radius 2 is 1.80 bits per heavy atom. The summed E-state index contributed by atoms with van der Waals surface area (Å²) in [6.07, 6.45) is 6.83. The Morgan fingerprint density at radius 3 is 2.56 bits per heavy atom. The number of Topliss-reactive ketones (excluding diaryl/α,β-unsaturated/α-hetero) is 1. The lowest BCUT2D eigenvalue weighted by Gasteiger charge is -2.25. The van der Waals surface area contributed by atoms with Gasteiger partial charge >= 0.3 is 0 Å². The minimum Gasteiger partial charge on any atom is -0.353 e. The molecule has 4 heterocycles. The Hall–Kier alpha value is -5.40. The zero-order valence-electron chi connectivity index (χ0n) is 27.5. The molecule has 0 radical (unpaired) electrons. The maximum atomic E-state index is 16.0. The number of fused-ring (bicyclic) bond motifs is 2. The molecule has 0 spiro atoms. The molecule has 2 aliphatic rings. The molecule has 254 valence electrons. The number of hydrogen-bond donors (Lipinski definition) is 3. The summed E-state index contributed by atoms with van der Waals surface area (Å²) < 4.78 is 17.7. The lowest BCUT2D eigenvalue weighted by Crippen LogP contribution is -2.44. The van der Waals surface area contributed by atoms with Gasteiger partial charge in [0.1, 0.15) is 18.9 Å². The van der Waals surface area contributed by atoms with Crippen molar-refractivity contribution < 1.29 is 23.6 Å². The van der Waals surface area contributed by atoms with Crippen LogP contribution in [0, 0.1) is 5.82 Å². The van der Waals surface area contributed by atoms with Gasteiger partial charge in [-0.1, -0.05) is 42.9 Å². The van der Waals surface area contributed by atoms with Crippen LogP contribution >= 0.6 is 11.6 Å². The molecule has 1 fully saturated rings. The third kappa shape index (κ3) is 6.14. The molecular formula is C36H33ClFN7O4Si. The van der Waals surface area contributed by atoms with Gasteiger partial charge in [-0.2, -0.15) is 0 Å². The number of carbonyl (C=O) groups is 4. The van der Waals surface area contributed by atoms with Gasteiger partial charge in [0.15, 0.2) is 11.6 Å². The molecule has 7 rings (SSSR count). The topological polar surface area (TPSA) is 138 Å². The molecule has 14 heteroatoms. The fourth-order valence-corrected chi connectivity index (χ4v) is 10.1. The standard InChI is InChI=1S/C36H33ClFN7O4Si/c1-20(46)28-15-44(30-10-7-21(11-26(28)30)42-22-12-39-18-40-13-22)16-32(47)45-19-50(2,3)17-31(45)36(49)43-29-6-4-5-24(34(29)38)23-8-9-25-27(33(23)37)14-41-35(25)48/h4-13,15,18,31,42H,14,16-17,19H2,1-3H3,(H,41,48)(H,43,49)/t31-/m0/s1. The van der Waals surface area contributed by atoms with Gasteiger partial charge < -0.3 is 25.4 Å². The Bertz CT molecular complexity index is 2230. The minimum atomic E-state index is -2.02. The number of carbonyl (C=O) groups excluding carboxylic acids is 4. The highest BCUT2D eigenvalue weighted by Gasteiger charge is 2.45. The van der Waals surface area contributed by atoms with Crippen LogP contribution in [0.15, 0.2) is 73.4 Å². The lowest BCUT2D eigenvalue weighted by molar-refractivity contribution is -0.136. The molecule has 11 nitrogen and oxygen atoms in total. The van der Waals surface area contributed by atoms with Crippen molar-refractivity contribution in [2.75, 3.05) is 16.8 Å². The van der Waals surface area contributed by atoms with E-state index >= 15 is 4.39 Å². The maximum Gasteiger partial charge on any atom is 0.251 e. The smallest absolute Gasteiger partial charge is 0.251 e. The largest absolute Gasteiger partial charge is 0.353 e. The molecule has 3 amide bonds. The molecule has 0 bridgehead atoms. The first-order chi connectivity index (χ1) is 23.9. The highest BCUT2D eigenvalue weighted by Crippen LogP contribution is 2.38. The van der Waals surface area contributed by atoms with E-state index in [1.165, 1.54) is 19.3 Å². The van der Waals surface area contributed by atoms with Crippen LogP contribution in [0.2, 0.25) is 24.2 Å². The van der Waals surface area contributed by atoms with E-state index in [1.54, 1.807) is 52.3 Å². The molecule has 1 saturated heterocycles. The third-order valence-electron chi connectivity index (χ3n) is 9.22. The normalized spacial score (nSPS) is 16.3. The minimum absolute atomic E-state index is 0.0361. The van der Waals surface area contributed by atoms with E-state index in [9.17, 15) is 19.2 Å². The molecule has 50 heavy (non-hydrogen) atoms. The van der Waals surface area contributed by atoms with Crippen LogP contribution in [-0.4, -0.2) is 63.2 Å². The molecule has 3 aromatic carbocycles. The Balaban J connectivity index is 1.13. The summed E-state index contributed by atoms with van der Waals surface area (Å²) in [5.74, 6) is -1.81. The van der Waals surface area contributed by atoms with E-state index in [-0.39, 0.29) is 47.0 Å². The van der Waals surface area contributed by atoms with Gasteiger partial charge in [0.2, 0.25) is 11.8 Å². The van der Waals surface area contributed by atoms with Crippen LogP contribution < -0.4 is 16.0 Å². The number of anilines is 3. The van der Waals surface area contributed by atoms with E-state index < -0.39 is 25.8 Å². The van der Waals surface area contributed by atoms with Crippen LogP contribution in [0.4, 0.5) is 21.5 Å². The van der Waals surface area contributed by atoms with Gasteiger partial charge in [-0.15, -0.1) is 0 Å². The first-order valence-corrected chi connectivity index (χ1v) is 19.8. The van der Waals surface area contributed by atoms with Gasteiger partial charge in [0.25, 0.3) is 5.91 Å². The molecule has 0 unspecified atom stereocenters. The Kier molecular flexibility index (Phi) is 8.48. The average molecular weight is 710 g/mol. The highest BCUT2D eigenvalue weighted by atomic mass is 35.5. The zero-order chi connectivity index (χ0) is 35.3. The van der Waals surface area contributed by atoms with E-state index in [2.05, 4.69) is 39.0 Å².